The number of para-hydroxylation sites is 1. The molecule has 1 N–H and O–H groups in total. The summed E-state index contributed by atoms with van der Waals surface area (Å²) in [6.45, 7) is -0.122. The number of carbonyl (C=O) groups excluding carboxylic acids is 1. The van der Waals surface area contributed by atoms with Crippen LogP contribution in [0.1, 0.15) is 0 Å². The maximum atomic E-state index is 12.1. The molecule has 5 heteroatoms. The molecule has 0 unspecified atom stereocenters. The molecule has 1 aromatic heterocycles. The largest absolute Gasteiger partial charge is 0.483 e. The zero-order valence-electron chi connectivity index (χ0n) is 12.7. The van der Waals surface area contributed by atoms with E-state index < -0.39 is 0 Å². The number of anilines is 1. The number of hydrogen-bond acceptors (Lipinski definition) is 3. The Balaban J connectivity index is 1.76. The van der Waals surface area contributed by atoms with Crippen molar-refractivity contribution in [3.05, 3.63) is 71.1 Å². The van der Waals surface area contributed by atoms with Crippen molar-refractivity contribution in [3.8, 4) is 5.75 Å². The molecule has 5 nitrogen and oxygen atoms in total. The molecule has 3 aromatic rings. The molecule has 0 fully saturated rings. The van der Waals surface area contributed by atoms with E-state index in [4.69, 9.17) is 4.74 Å². The van der Waals surface area contributed by atoms with Gasteiger partial charge in [-0.1, -0.05) is 24.3 Å². The summed E-state index contributed by atoms with van der Waals surface area (Å²) in [6, 6.07) is 16.2. The Labute approximate surface area is 133 Å². The Morgan fingerprint density at radius 1 is 1.04 bits per heavy atom. The van der Waals surface area contributed by atoms with Crippen molar-refractivity contribution >= 4 is 22.4 Å². The highest BCUT2D eigenvalue weighted by atomic mass is 16.5. The van der Waals surface area contributed by atoms with Gasteiger partial charge in [-0.3, -0.25) is 9.59 Å². The van der Waals surface area contributed by atoms with E-state index in [1.54, 1.807) is 49.6 Å². The Bertz CT molecular complexity index is 901. The normalized spacial score (nSPS) is 10.5. The molecule has 3 rings (SSSR count). The van der Waals surface area contributed by atoms with Crippen LogP contribution in [-0.4, -0.2) is 17.1 Å². The monoisotopic (exact) mass is 308 g/mol. The molecule has 2 aromatic carbocycles. The molecule has 0 saturated carbocycles. The molecule has 0 saturated heterocycles. The molecule has 0 atom stereocenters. The zero-order valence-corrected chi connectivity index (χ0v) is 12.7. The Hall–Kier alpha value is -3.08. The van der Waals surface area contributed by atoms with E-state index in [1.165, 1.54) is 4.57 Å². The number of benzene rings is 2. The number of aromatic nitrogens is 1. The highest BCUT2D eigenvalue weighted by molar-refractivity contribution is 5.92. The third-order valence-corrected chi connectivity index (χ3v) is 3.50. The summed E-state index contributed by atoms with van der Waals surface area (Å²) >= 11 is 0. The van der Waals surface area contributed by atoms with E-state index in [1.807, 2.05) is 18.2 Å². The van der Waals surface area contributed by atoms with E-state index in [2.05, 4.69) is 5.32 Å². The quantitative estimate of drug-likeness (QED) is 0.806. The predicted molar refractivity (Wildman–Crippen MR) is 89.8 cm³/mol. The van der Waals surface area contributed by atoms with Gasteiger partial charge < -0.3 is 14.6 Å². The van der Waals surface area contributed by atoms with E-state index in [-0.39, 0.29) is 18.1 Å². The molecule has 0 bridgehead atoms. The van der Waals surface area contributed by atoms with Crippen LogP contribution in [0.2, 0.25) is 0 Å². The number of amides is 1. The molecular formula is C18H16N2O3. The van der Waals surface area contributed by atoms with Gasteiger partial charge in [0, 0.05) is 24.3 Å². The number of ether oxygens (including phenoxy) is 1. The minimum atomic E-state index is -0.253. The number of pyridine rings is 1. The SMILES string of the molecule is Cn1ccc2c(OCC(=O)Nc3ccccc3)cccc2c1=O. The molecule has 0 aliphatic carbocycles. The van der Waals surface area contributed by atoms with Crippen LogP contribution < -0.4 is 15.6 Å². The lowest BCUT2D eigenvalue weighted by Gasteiger charge is -2.10. The van der Waals surface area contributed by atoms with Crippen LogP contribution in [0.3, 0.4) is 0 Å². The molecule has 0 spiro atoms. The predicted octanol–water partition coefficient (Wildman–Crippen LogP) is 2.56. The van der Waals surface area contributed by atoms with Crippen LogP contribution >= 0.6 is 0 Å². The summed E-state index contributed by atoms with van der Waals surface area (Å²) in [5.74, 6) is 0.264. The van der Waals surface area contributed by atoms with Crippen molar-refractivity contribution in [1.82, 2.24) is 4.57 Å². The lowest BCUT2D eigenvalue weighted by molar-refractivity contribution is -0.118. The summed E-state index contributed by atoms with van der Waals surface area (Å²) < 4.78 is 7.10. The third-order valence-electron chi connectivity index (χ3n) is 3.50. The van der Waals surface area contributed by atoms with Gasteiger partial charge in [-0.05, 0) is 30.3 Å². The third kappa shape index (κ3) is 3.23. The Kier molecular flexibility index (Phi) is 4.10. The second kappa shape index (κ2) is 6.36. The fourth-order valence-electron chi connectivity index (χ4n) is 2.33. The van der Waals surface area contributed by atoms with Crippen LogP contribution in [0.4, 0.5) is 5.69 Å². The van der Waals surface area contributed by atoms with Crippen molar-refractivity contribution in [2.24, 2.45) is 7.05 Å². The highest BCUT2D eigenvalue weighted by Crippen LogP contribution is 2.22. The maximum absolute atomic E-state index is 12.1. The summed E-state index contributed by atoms with van der Waals surface area (Å²) in [5, 5.41) is 4.01. The smallest absolute Gasteiger partial charge is 0.262 e. The van der Waals surface area contributed by atoms with E-state index in [0.717, 1.165) is 0 Å². The van der Waals surface area contributed by atoms with Crippen LogP contribution in [0, 0.1) is 0 Å². The lowest BCUT2D eigenvalue weighted by atomic mass is 10.1. The first kappa shape index (κ1) is 14.8. The molecule has 0 aliphatic heterocycles. The van der Waals surface area contributed by atoms with Crippen molar-refractivity contribution < 1.29 is 9.53 Å². The molecule has 0 aliphatic rings. The van der Waals surface area contributed by atoms with Crippen molar-refractivity contribution in [3.63, 3.8) is 0 Å². The van der Waals surface area contributed by atoms with Gasteiger partial charge in [-0.15, -0.1) is 0 Å². The van der Waals surface area contributed by atoms with Gasteiger partial charge in [0.05, 0.1) is 5.39 Å². The van der Waals surface area contributed by atoms with Gasteiger partial charge in [-0.2, -0.15) is 0 Å². The van der Waals surface area contributed by atoms with Crippen LogP contribution in [0.15, 0.2) is 65.6 Å². The van der Waals surface area contributed by atoms with Crippen molar-refractivity contribution in [2.45, 2.75) is 0 Å². The van der Waals surface area contributed by atoms with Gasteiger partial charge in [-0.25, -0.2) is 0 Å². The van der Waals surface area contributed by atoms with Crippen LogP contribution in [0.5, 0.6) is 5.75 Å². The summed E-state index contributed by atoms with van der Waals surface area (Å²) in [5.41, 5.74) is 0.620. The Morgan fingerprint density at radius 2 is 1.83 bits per heavy atom. The molecule has 23 heavy (non-hydrogen) atoms. The number of carbonyl (C=O) groups is 1. The second-order valence-electron chi connectivity index (χ2n) is 5.15. The van der Waals surface area contributed by atoms with Gasteiger partial charge in [0.1, 0.15) is 5.75 Å². The highest BCUT2D eigenvalue weighted by Gasteiger charge is 2.08. The van der Waals surface area contributed by atoms with E-state index >= 15 is 0 Å². The van der Waals surface area contributed by atoms with Gasteiger partial charge in [0.15, 0.2) is 6.61 Å². The fourth-order valence-corrected chi connectivity index (χ4v) is 2.33. The Morgan fingerprint density at radius 3 is 2.61 bits per heavy atom. The van der Waals surface area contributed by atoms with Crippen LogP contribution in [-0.2, 0) is 11.8 Å². The zero-order chi connectivity index (χ0) is 16.2. The second-order valence-corrected chi connectivity index (χ2v) is 5.15. The molecule has 116 valence electrons. The van der Waals surface area contributed by atoms with E-state index in [0.29, 0.717) is 22.2 Å². The number of rotatable bonds is 4. The fraction of sp³-hybridized carbons (Fsp3) is 0.111. The molecular weight excluding hydrogens is 292 g/mol. The van der Waals surface area contributed by atoms with Crippen molar-refractivity contribution in [2.75, 3.05) is 11.9 Å². The minimum absolute atomic E-state index is 0.0957. The average molecular weight is 308 g/mol. The number of fused-ring (bicyclic) bond motifs is 1. The van der Waals surface area contributed by atoms with Gasteiger partial charge >= 0.3 is 0 Å². The molecule has 0 radical (unpaired) electrons. The summed E-state index contributed by atoms with van der Waals surface area (Å²) in [7, 11) is 1.70. The van der Waals surface area contributed by atoms with Gasteiger partial charge in [0.2, 0.25) is 0 Å². The lowest BCUT2D eigenvalue weighted by Crippen LogP contribution is -2.20. The number of nitrogens with one attached hydrogen (secondary N) is 1. The van der Waals surface area contributed by atoms with Gasteiger partial charge in [0.25, 0.3) is 11.5 Å². The number of nitrogens with zero attached hydrogens (tertiary/aromatic N) is 1. The maximum Gasteiger partial charge on any atom is 0.262 e. The first-order chi connectivity index (χ1) is 11.1. The molecule has 1 heterocycles. The number of aryl methyl sites for hydroxylation is 1. The van der Waals surface area contributed by atoms with E-state index in [9.17, 15) is 9.59 Å². The summed E-state index contributed by atoms with van der Waals surface area (Å²) in [6.07, 6.45) is 1.68. The summed E-state index contributed by atoms with van der Waals surface area (Å²) in [4.78, 5) is 24.0. The minimum Gasteiger partial charge on any atom is -0.483 e. The first-order valence-electron chi connectivity index (χ1n) is 7.21. The number of hydrogen-bond donors (Lipinski definition) is 1. The first-order valence-corrected chi connectivity index (χ1v) is 7.21. The molecule has 1 amide bonds. The van der Waals surface area contributed by atoms with Crippen molar-refractivity contribution in [1.29, 1.82) is 0 Å². The average Bonchev–Trinajstić information content (AvgIpc) is 2.57. The topological polar surface area (TPSA) is 60.3 Å². The van der Waals surface area contributed by atoms with Crippen LogP contribution in [0.25, 0.3) is 10.8 Å². The standard InChI is InChI=1S/C18H16N2O3/c1-20-11-10-14-15(18(20)22)8-5-9-16(14)23-12-17(21)19-13-6-3-2-4-7-13/h2-11H,12H2,1H3,(H,19,21).